The summed E-state index contributed by atoms with van der Waals surface area (Å²) in [6, 6.07) is 6.93. The van der Waals surface area contributed by atoms with Crippen molar-refractivity contribution in [2.45, 2.75) is 5.51 Å². The maximum Gasteiger partial charge on any atom is 0.461 e. The fourth-order valence-corrected chi connectivity index (χ4v) is 1.68. The molecule has 80 valence electrons. The van der Waals surface area contributed by atoms with Crippen LogP contribution >= 0.6 is 11.9 Å². The number of rotatable bonds is 2. The van der Waals surface area contributed by atoms with Gasteiger partial charge in [0.05, 0.1) is 23.2 Å². The van der Waals surface area contributed by atoms with Crippen molar-refractivity contribution in [3.05, 3.63) is 30.5 Å². The third kappa shape index (κ3) is 2.38. The van der Waals surface area contributed by atoms with Crippen LogP contribution < -0.4 is 4.72 Å². The van der Waals surface area contributed by atoms with E-state index in [-0.39, 0.29) is 11.9 Å². The molecule has 0 aliphatic heterocycles. The van der Waals surface area contributed by atoms with Crippen LogP contribution in [0, 0.1) is 0 Å². The van der Waals surface area contributed by atoms with Crippen molar-refractivity contribution in [3.8, 4) is 0 Å². The summed E-state index contributed by atoms with van der Waals surface area (Å²) in [5.74, 6) is 0. The summed E-state index contributed by atoms with van der Waals surface area (Å²) in [7, 11) is 0. The van der Waals surface area contributed by atoms with E-state index in [0.717, 1.165) is 5.39 Å². The van der Waals surface area contributed by atoms with Gasteiger partial charge in [0, 0.05) is 11.6 Å². The zero-order valence-electron chi connectivity index (χ0n) is 7.43. The predicted molar refractivity (Wildman–Crippen MR) is 55.6 cm³/mol. The van der Waals surface area contributed by atoms with E-state index < -0.39 is 5.51 Å². The Kier molecular flexibility index (Phi) is 2.52. The molecule has 2 aromatic rings. The summed E-state index contributed by atoms with van der Waals surface area (Å²) in [6.45, 7) is 0. The molecule has 0 saturated heterocycles. The van der Waals surface area contributed by atoms with Crippen LogP contribution in [-0.2, 0) is 0 Å². The van der Waals surface area contributed by atoms with Crippen LogP contribution in [0.5, 0.6) is 0 Å². The summed E-state index contributed by atoms with van der Waals surface area (Å²) in [6.07, 6.45) is 1.69. The third-order valence-electron chi connectivity index (χ3n) is 1.86. The van der Waals surface area contributed by atoms with E-state index >= 15 is 0 Å². The van der Waals surface area contributed by atoms with Gasteiger partial charge in [-0.3, -0.25) is 0 Å². The molecule has 0 amide bonds. The van der Waals surface area contributed by atoms with Gasteiger partial charge in [-0.1, -0.05) is 12.1 Å². The molecule has 1 heterocycles. The minimum atomic E-state index is -4.28. The van der Waals surface area contributed by atoms with Gasteiger partial charge in [0.1, 0.15) is 0 Å². The lowest BCUT2D eigenvalue weighted by Crippen LogP contribution is -2.04. The van der Waals surface area contributed by atoms with Gasteiger partial charge >= 0.3 is 5.51 Å². The molecule has 15 heavy (non-hydrogen) atoms. The van der Waals surface area contributed by atoms with Crippen LogP contribution in [0.4, 0.5) is 18.9 Å². The largest absolute Gasteiger partial charge is 0.461 e. The second-order valence-electron chi connectivity index (χ2n) is 2.90. The maximum absolute atomic E-state index is 12.0. The Balaban J connectivity index is 2.24. The minimum absolute atomic E-state index is 0.265. The molecule has 2 N–H and O–H groups in total. The minimum Gasteiger partial charge on any atom is -0.359 e. The Labute approximate surface area is 88.0 Å². The molecule has 6 heteroatoms. The van der Waals surface area contributed by atoms with Crippen LogP contribution in [0.25, 0.3) is 10.9 Å². The lowest BCUT2D eigenvalue weighted by atomic mass is 10.2. The second-order valence-corrected chi connectivity index (χ2v) is 3.77. The average Bonchev–Trinajstić information content (AvgIpc) is 2.61. The first-order valence-electron chi connectivity index (χ1n) is 4.13. The molecule has 0 bridgehead atoms. The molecular weight excluding hydrogens is 225 g/mol. The van der Waals surface area contributed by atoms with Gasteiger partial charge in [-0.25, -0.2) is 0 Å². The highest BCUT2D eigenvalue weighted by Gasteiger charge is 2.29. The van der Waals surface area contributed by atoms with Crippen molar-refractivity contribution in [1.29, 1.82) is 0 Å². The van der Waals surface area contributed by atoms with E-state index in [1.54, 1.807) is 24.4 Å². The van der Waals surface area contributed by atoms with Crippen molar-refractivity contribution in [2.75, 3.05) is 4.72 Å². The molecule has 0 atom stereocenters. The molecule has 0 aliphatic carbocycles. The fraction of sp³-hybridized carbons (Fsp3) is 0.111. The number of hydrogen-bond acceptors (Lipinski definition) is 2. The molecule has 0 aliphatic rings. The zero-order valence-corrected chi connectivity index (χ0v) is 8.25. The normalized spacial score (nSPS) is 11.9. The van der Waals surface area contributed by atoms with Gasteiger partial charge < -0.3 is 9.71 Å². The smallest absolute Gasteiger partial charge is 0.359 e. The number of fused-ring (bicyclic) bond motifs is 1. The Morgan fingerprint density at radius 2 is 2.00 bits per heavy atom. The molecule has 1 aromatic heterocycles. The van der Waals surface area contributed by atoms with Crippen LogP contribution in [0.1, 0.15) is 0 Å². The van der Waals surface area contributed by atoms with Gasteiger partial charge in [0.25, 0.3) is 0 Å². The summed E-state index contributed by atoms with van der Waals surface area (Å²) < 4.78 is 38.1. The van der Waals surface area contributed by atoms with Crippen LogP contribution in [-0.4, -0.2) is 10.5 Å². The quantitative estimate of drug-likeness (QED) is 0.772. The lowest BCUT2D eigenvalue weighted by Gasteiger charge is -2.08. The molecule has 0 fully saturated rings. The van der Waals surface area contributed by atoms with Gasteiger partial charge in [0.2, 0.25) is 0 Å². The van der Waals surface area contributed by atoms with E-state index in [1.165, 1.54) is 0 Å². The number of aromatic nitrogens is 1. The van der Waals surface area contributed by atoms with Crippen molar-refractivity contribution >= 4 is 28.5 Å². The van der Waals surface area contributed by atoms with Gasteiger partial charge in [-0.15, -0.1) is 0 Å². The number of nitrogens with one attached hydrogen (secondary N) is 2. The first kappa shape index (κ1) is 10.2. The number of benzene rings is 1. The SMILES string of the molecule is FC(F)(F)SNc1cccc2cc[nH]c12. The van der Waals surface area contributed by atoms with Crippen molar-refractivity contribution in [3.63, 3.8) is 0 Å². The highest BCUT2D eigenvalue weighted by Crippen LogP contribution is 2.33. The number of H-pyrrole nitrogens is 1. The van der Waals surface area contributed by atoms with Crippen LogP contribution in [0.3, 0.4) is 0 Å². The molecule has 2 rings (SSSR count). The van der Waals surface area contributed by atoms with E-state index in [0.29, 0.717) is 11.2 Å². The second kappa shape index (κ2) is 3.69. The Bertz CT molecular complexity index is 464. The Hall–Kier alpha value is -1.30. The molecular formula is C9H7F3N2S. The number of alkyl halides is 3. The summed E-state index contributed by atoms with van der Waals surface area (Å²) in [5, 5.41) is 0.878. The number of hydrogen-bond donors (Lipinski definition) is 2. The monoisotopic (exact) mass is 232 g/mol. The summed E-state index contributed by atoms with van der Waals surface area (Å²) in [4.78, 5) is 2.88. The predicted octanol–water partition coefficient (Wildman–Crippen LogP) is 3.75. The number of aromatic amines is 1. The topological polar surface area (TPSA) is 27.8 Å². The van der Waals surface area contributed by atoms with E-state index in [9.17, 15) is 13.2 Å². The first-order chi connectivity index (χ1) is 7.06. The van der Waals surface area contributed by atoms with E-state index in [2.05, 4.69) is 9.71 Å². The zero-order chi connectivity index (χ0) is 10.9. The van der Waals surface area contributed by atoms with Crippen LogP contribution in [0.15, 0.2) is 30.5 Å². The number of anilines is 1. The van der Waals surface area contributed by atoms with E-state index in [4.69, 9.17) is 0 Å². The molecule has 0 saturated carbocycles. The standard InChI is InChI=1S/C9H7F3N2S/c10-9(11,12)15-14-7-3-1-2-6-4-5-13-8(6)7/h1-5,13-14H. The lowest BCUT2D eigenvalue weighted by molar-refractivity contribution is -0.0323. The Morgan fingerprint density at radius 3 is 2.73 bits per heavy atom. The Morgan fingerprint density at radius 1 is 1.20 bits per heavy atom. The third-order valence-corrected chi connectivity index (χ3v) is 2.42. The average molecular weight is 232 g/mol. The van der Waals surface area contributed by atoms with E-state index in [1.807, 2.05) is 6.07 Å². The van der Waals surface area contributed by atoms with Gasteiger partial charge in [-0.05, 0) is 12.1 Å². The molecule has 0 spiro atoms. The van der Waals surface area contributed by atoms with Crippen molar-refractivity contribution in [2.24, 2.45) is 0 Å². The molecule has 1 aromatic carbocycles. The first-order valence-corrected chi connectivity index (χ1v) is 4.95. The number of para-hydroxylation sites is 1. The van der Waals surface area contributed by atoms with Crippen molar-refractivity contribution in [1.82, 2.24) is 4.98 Å². The highest BCUT2D eigenvalue weighted by atomic mass is 32.2. The fourth-order valence-electron chi connectivity index (χ4n) is 1.28. The van der Waals surface area contributed by atoms with Crippen LogP contribution in [0.2, 0.25) is 0 Å². The van der Waals surface area contributed by atoms with Crippen molar-refractivity contribution < 1.29 is 13.2 Å². The number of halogens is 3. The van der Waals surface area contributed by atoms with Gasteiger partial charge in [-0.2, -0.15) is 13.2 Å². The maximum atomic E-state index is 12.0. The summed E-state index contributed by atoms with van der Waals surface area (Å²) >= 11 is -0.265. The highest BCUT2D eigenvalue weighted by molar-refractivity contribution is 8.01. The molecule has 0 radical (unpaired) electrons. The summed E-state index contributed by atoms with van der Waals surface area (Å²) in [5.41, 5.74) is -3.18. The molecule has 2 nitrogen and oxygen atoms in total. The van der Waals surface area contributed by atoms with Gasteiger partial charge in [0.15, 0.2) is 0 Å². The molecule has 0 unspecified atom stereocenters.